The molecule has 4 rings (SSSR count). The maximum Gasteiger partial charge on any atom is 0.243 e. The van der Waals surface area contributed by atoms with Crippen molar-refractivity contribution >= 4 is 28.3 Å². The van der Waals surface area contributed by atoms with Gasteiger partial charge in [0.25, 0.3) is 0 Å². The van der Waals surface area contributed by atoms with Crippen LogP contribution < -0.4 is 14.8 Å². The van der Waals surface area contributed by atoms with E-state index in [9.17, 15) is 13.2 Å². The number of benzene rings is 1. The number of fused-ring (bicyclic) bond motifs is 1. The molecule has 0 aromatic heterocycles. The zero-order valence-corrected chi connectivity index (χ0v) is 17.5. The lowest BCUT2D eigenvalue weighted by Gasteiger charge is -2.36. The third kappa shape index (κ3) is 3.94. The molecule has 0 spiro atoms. The number of nitrogens with zero attached hydrogens (tertiary/aromatic N) is 2. The molecule has 0 saturated carbocycles. The van der Waals surface area contributed by atoms with Gasteiger partial charge in [-0.15, -0.1) is 12.4 Å². The molecule has 2 saturated heterocycles. The number of aryl methyl sites for hydroxylation is 1. The van der Waals surface area contributed by atoms with E-state index >= 15 is 0 Å². The molecular formula is C18H26ClN3O5S. The third-order valence-corrected chi connectivity index (χ3v) is 7.46. The van der Waals surface area contributed by atoms with Gasteiger partial charge in [-0.1, -0.05) is 0 Å². The van der Waals surface area contributed by atoms with Gasteiger partial charge in [0.1, 0.15) is 0 Å². The highest BCUT2D eigenvalue weighted by atomic mass is 35.5. The fourth-order valence-electron chi connectivity index (χ4n) is 3.95. The molecule has 1 aromatic carbocycles. The van der Waals surface area contributed by atoms with Crippen LogP contribution in [0.1, 0.15) is 18.4 Å². The SMILES string of the molecule is Cc1cc2c(cc1S(=O)(=O)N1CCCC(C(=O)N3CCNCC3)C1)OCO2.Cl. The number of carbonyl (C=O) groups excluding carboxylic acids is 1. The van der Waals surface area contributed by atoms with E-state index in [1.807, 2.05) is 4.90 Å². The van der Waals surface area contributed by atoms with Crippen molar-refractivity contribution in [2.24, 2.45) is 5.92 Å². The maximum atomic E-state index is 13.2. The van der Waals surface area contributed by atoms with Gasteiger partial charge >= 0.3 is 0 Å². The van der Waals surface area contributed by atoms with Gasteiger partial charge in [-0.2, -0.15) is 4.31 Å². The van der Waals surface area contributed by atoms with Gasteiger partial charge in [0, 0.05) is 45.3 Å². The van der Waals surface area contributed by atoms with E-state index in [2.05, 4.69) is 5.32 Å². The Balaban J connectivity index is 0.00000225. The summed E-state index contributed by atoms with van der Waals surface area (Å²) in [7, 11) is -3.70. The standard InChI is InChI=1S/C18H25N3O5S.ClH/c1-13-9-15-16(26-12-25-15)10-17(13)27(23,24)21-6-2-3-14(11-21)18(22)20-7-4-19-5-8-20;/h9-10,14,19H,2-8,11-12H2,1H3;1H. The minimum Gasteiger partial charge on any atom is -0.454 e. The van der Waals surface area contributed by atoms with Crippen LogP contribution >= 0.6 is 12.4 Å². The summed E-state index contributed by atoms with van der Waals surface area (Å²) < 4.78 is 38.6. The van der Waals surface area contributed by atoms with E-state index in [-0.39, 0.29) is 42.5 Å². The molecule has 3 aliphatic heterocycles. The van der Waals surface area contributed by atoms with Crippen LogP contribution in [0, 0.1) is 12.8 Å². The normalized spacial score (nSPS) is 22.6. The molecular weight excluding hydrogens is 406 g/mol. The minimum atomic E-state index is -3.70. The second-order valence-electron chi connectivity index (χ2n) is 7.25. The zero-order valence-electron chi connectivity index (χ0n) is 15.8. The molecule has 0 radical (unpaired) electrons. The molecule has 8 nitrogen and oxygen atoms in total. The van der Waals surface area contributed by atoms with Gasteiger partial charge < -0.3 is 19.7 Å². The average Bonchev–Trinajstić information content (AvgIpc) is 3.14. The quantitative estimate of drug-likeness (QED) is 0.767. The lowest BCUT2D eigenvalue weighted by molar-refractivity contribution is -0.137. The smallest absolute Gasteiger partial charge is 0.243 e. The molecule has 10 heteroatoms. The summed E-state index contributed by atoms with van der Waals surface area (Å²) in [4.78, 5) is 14.9. The first kappa shape index (κ1) is 21.2. The van der Waals surface area contributed by atoms with Crippen LogP contribution in [0.5, 0.6) is 11.5 Å². The van der Waals surface area contributed by atoms with E-state index in [1.165, 1.54) is 10.4 Å². The second-order valence-corrected chi connectivity index (χ2v) is 9.15. The molecule has 1 N–H and O–H groups in total. The summed E-state index contributed by atoms with van der Waals surface area (Å²) in [5.41, 5.74) is 0.620. The predicted molar refractivity (Wildman–Crippen MR) is 105 cm³/mol. The van der Waals surface area contributed by atoms with Gasteiger partial charge in [-0.25, -0.2) is 8.42 Å². The van der Waals surface area contributed by atoms with Crippen LogP contribution in [0.25, 0.3) is 0 Å². The highest BCUT2D eigenvalue weighted by molar-refractivity contribution is 7.89. The average molecular weight is 432 g/mol. The molecule has 0 aliphatic carbocycles. The molecule has 3 heterocycles. The number of rotatable bonds is 3. The highest BCUT2D eigenvalue weighted by Gasteiger charge is 2.36. The van der Waals surface area contributed by atoms with Crippen LogP contribution in [-0.2, 0) is 14.8 Å². The van der Waals surface area contributed by atoms with E-state index < -0.39 is 10.0 Å². The van der Waals surface area contributed by atoms with Crippen molar-refractivity contribution in [1.82, 2.24) is 14.5 Å². The van der Waals surface area contributed by atoms with Crippen molar-refractivity contribution in [3.05, 3.63) is 17.7 Å². The van der Waals surface area contributed by atoms with Crippen LogP contribution in [0.4, 0.5) is 0 Å². The Morgan fingerprint density at radius 2 is 1.82 bits per heavy atom. The monoisotopic (exact) mass is 431 g/mol. The number of sulfonamides is 1. The Morgan fingerprint density at radius 3 is 2.54 bits per heavy atom. The molecule has 0 bridgehead atoms. The van der Waals surface area contributed by atoms with Crippen LogP contribution in [0.15, 0.2) is 17.0 Å². The van der Waals surface area contributed by atoms with Crippen molar-refractivity contribution in [2.75, 3.05) is 46.1 Å². The summed E-state index contributed by atoms with van der Waals surface area (Å²) in [6.45, 7) is 5.46. The number of ether oxygens (including phenoxy) is 2. The molecule has 1 atom stereocenters. The van der Waals surface area contributed by atoms with E-state index in [0.717, 1.165) is 19.5 Å². The van der Waals surface area contributed by atoms with Gasteiger partial charge in [0.15, 0.2) is 11.5 Å². The van der Waals surface area contributed by atoms with E-state index in [4.69, 9.17) is 9.47 Å². The lowest BCUT2D eigenvalue weighted by Crippen LogP contribution is -2.51. The molecule has 1 aromatic rings. The first-order valence-corrected chi connectivity index (χ1v) is 10.8. The third-order valence-electron chi connectivity index (χ3n) is 5.45. The molecule has 3 aliphatic rings. The van der Waals surface area contributed by atoms with Crippen molar-refractivity contribution in [1.29, 1.82) is 0 Å². The number of piperazine rings is 1. The first-order chi connectivity index (χ1) is 13.0. The van der Waals surface area contributed by atoms with E-state index in [1.54, 1.807) is 13.0 Å². The number of nitrogens with one attached hydrogen (secondary N) is 1. The van der Waals surface area contributed by atoms with Gasteiger partial charge in [-0.3, -0.25) is 4.79 Å². The Morgan fingerprint density at radius 1 is 1.14 bits per heavy atom. The van der Waals surface area contributed by atoms with Crippen LogP contribution in [0.2, 0.25) is 0 Å². The molecule has 28 heavy (non-hydrogen) atoms. The first-order valence-electron chi connectivity index (χ1n) is 9.37. The van der Waals surface area contributed by atoms with E-state index in [0.29, 0.717) is 43.1 Å². The predicted octanol–water partition coefficient (Wildman–Crippen LogP) is 0.978. The lowest BCUT2D eigenvalue weighted by atomic mass is 9.98. The second kappa shape index (κ2) is 8.44. The highest BCUT2D eigenvalue weighted by Crippen LogP contribution is 2.37. The number of halogens is 1. The zero-order chi connectivity index (χ0) is 19.0. The van der Waals surface area contributed by atoms with Crippen LogP contribution in [-0.4, -0.2) is 69.6 Å². The van der Waals surface area contributed by atoms with Gasteiger partial charge in [0.05, 0.1) is 10.8 Å². The largest absolute Gasteiger partial charge is 0.454 e. The molecule has 2 fully saturated rings. The Labute approximate surface area is 171 Å². The molecule has 1 unspecified atom stereocenters. The fourth-order valence-corrected chi connectivity index (χ4v) is 5.69. The number of carbonyl (C=O) groups is 1. The van der Waals surface area contributed by atoms with Crippen LogP contribution in [0.3, 0.4) is 0 Å². The number of hydrogen-bond acceptors (Lipinski definition) is 6. The van der Waals surface area contributed by atoms with Crippen molar-refractivity contribution in [3.8, 4) is 11.5 Å². The minimum absolute atomic E-state index is 0. The Hall–Kier alpha value is -1.55. The van der Waals surface area contributed by atoms with Crippen molar-refractivity contribution < 1.29 is 22.7 Å². The summed E-state index contributed by atoms with van der Waals surface area (Å²) in [5, 5.41) is 3.23. The topological polar surface area (TPSA) is 88.2 Å². The number of amides is 1. The molecule has 156 valence electrons. The number of hydrogen-bond donors (Lipinski definition) is 1. The van der Waals surface area contributed by atoms with Crippen molar-refractivity contribution in [3.63, 3.8) is 0 Å². The van der Waals surface area contributed by atoms with Gasteiger partial charge in [0.2, 0.25) is 22.7 Å². The number of piperidine rings is 1. The summed E-state index contributed by atoms with van der Waals surface area (Å²) in [5.74, 6) is 0.807. The fraction of sp³-hybridized carbons (Fsp3) is 0.611. The Kier molecular flexibility index (Phi) is 6.38. The summed E-state index contributed by atoms with van der Waals surface area (Å²) in [6.07, 6.45) is 1.42. The summed E-state index contributed by atoms with van der Waals surface area (Å²) in [6, 6.07) is 3.23. The van der Waals surface area contributed by atoms with Crippen molar-refractivity contribution in [2.45, 2.75) is 24.7 Å². The maximum absolute atomic E-state index is 13.2. The Bertz CT molecular complexity index is 842. The summed E-state index contributed by atoms with van der Waals surface area (Å²) >= 11 is 0. The van der Waals surface area contributed by atoms with Gasteiger partial charge in [-0.05, 0) is 31.4 Å². The molecule has 1 amide bonds.